The number of fused-ring (bicyclic) bond motifs is 1. The molecule has 2 aromatic carbocycles. The summed E-state index contributed by atoms with van der Waals surface area (Å²) in [6.07, 6.45) is 0. The number of aromatic nitrogens is 1. The topological polar surface area (TPSA) is 142 Å². The van der Waals surface area contributed by atoms with Crippen molar-refractivity contribution in [1.82, 2.24) is 4.57 Å². The van der Waals surface area contributed by atoms with E-state index in [2.05, 4.69) is 5.32 Å². The highest BCUT2D eigenvalue weighted by Gasteiger charge is 2.23. The van der Waals surface area contributed by atoms with Crippen LogP contribution in [0.1, 0.15) is 17.3 Å². The van der Waals surface area contributed by atoms with E-state index in [0.717, 1.165) is 0 Å². The molecular formula is C19H19N3O6. The highest BCUT2D eigenvalue weighted by atomic mass is 16.3. The summed E-state index contributed by atoms with van der Waals surface area (Å²) in [6, 6.07) is 10.6. The molecule has 28 heavy (non-hydrogen) atoms. The summed E-state index contributed by atoms with van der Waals surface area (Å²) in [7, 11) is 1.27. The number of anilines is 1. The van der Waals surface area contributed by atoms with Gasteiger partial charge < -0.3 is 25.6 Å². The Bertz CT molecular complexity index is 1140. The van der Waals surface area contributed by atoms with Crippen molar-refractivity contribution in [3.8, 4) is 11.5 Å². The summed E-state index contributed by atoms with van der Waals surface area (Å²) in [5, 5.41) is 23.2. The van der Waals surface area contributed by atoms with Gasteiger partial charge in [0, 0.05) is 33.7 Å². The van der Waals surface area contributed by atoms with Gasteiger partial charge in [-0.1, -0.05) is 12.1 Å². The Kier molecular flexibility index (Phi) is 5.80. The maximum absolute atomic E-state index is 12.7. The lowest BCUT2D eigenvalue weighted by Crippen LogP contribution is -2.29. The third kappa shape index (κ3) is 3.42. The predicted molar refractivity (Wildman–Crippen MR) is 103 cm³/mol. The Morgan fingerprint density at radius 2 is 1.86 bits per heavy atom. The molecule has 0 spiro atoms. The first-order chi connectivity index (χ1) is 12.8. The molecule has 1 heterocycles. The second-order valence-corrected chi connectivity index (χ2v) is 5.94. The van der Waals surface area contributed by atoms with E-state index in [1.54, 1.807) is 31.2 Å². The first-order valence-corrected chi connectivity index (χ1v) is 8.24. The highest BCUT2D eigenvalue weighted by Crippen LogP contribution is 2.30. The van der Waals surface area contributed by atoms with Crippen molar-refractivity contribution >= 4 is 28.2 Å². The number of carbonyl (C=O) groups excluding carboxylic acids is 1. The van der Waals surface area contributed by atoms with Crippen LogP contribution in [0, 0.1) is 4.91 Å². The fourth-order valence-corrected chi connectivity index (χ4v) is 2.91. The highest BCUT2D eigenvalue weighted by molar-refractivity contribution is 6.09. The first kappa shape index (κ1) is 20.6. The summed E-state index contributed by atoms with van der Waals surface area (Å²) in [4.78, 5) is 36.9. The number of nitrogens with zero attached hydrogens (tertiary/aromatic N) is 2. The Labute approximate surface area is 159 Å². The van der Waals surface area contributed by atoms with E-state index in [9.17, 15) is 24.7 Å². The van der Waals surface area contributed by atoms with Gasteiger partial charge >= 0.3 is 0 Å². The minimum absolute atomic E-state index is 0. The molecule has 9 nitrogen and oxygen atoms in total. The lowest BCUT2D eigenvalue weighted by atomic mass is 10.1. The number of aromatic hydroxyl groups is 2. The van der Waals surface area contributed by atoms with Crippen molar-refractivity contribution in [3.63, 3.8) is 0 Å². The minimum atomic E-state index is -0.883. The molecule has 3 aromatic rings. The summed E-state index contributed by atoms with van der Waals surface area (Å²) >= 11 is 0. The van der Waals surface area contributed by atoms with E-state index >= 15 is 0 Å². The maximum atomic E-state index is 12.7. The van der Waals surface area contributed by atoms with Crippen LogP contribution in [-0.4, -0.2) is 38.0 Å². The minimum Gasteiger partial charge on any atom is -0.870 e. The number of phenols is 1. The standard InChI is InChI=1S/C19H17N3O5.H2O/c1-3-22-14-7-5-4-6-12(14)17(24)16(19(22)26)18(25)20-13-10-11(21(2)27)8-9-15(13)23;/h4-10H,3H2,1-2H3,(H2-,20,23,24,25,26,27);1H2. The third-order valence-corrected chi connectivity index (χ3v) is 4.28. The molecule has 0 atom stereocenters. The molecule has 0 fully saturated rings. The Morgan fingerprint density at radius 3 is 2.50 bits per heavy atom. The lowest BCUT2D eigenvalue weighted by molar-refractivity contribution is -0.428. The fraction of sp³-hybridized carbons (Fsp3) is 0.158. The number of nitrogens with one attached hydrogen (secondary N) is 1. The SMILES string of the molecule is CCn1c(=O)c(C(=O)Nc2cc([N+](C)=O)ccc2O)c(O)c2ccccc21.[OH-]. The van der Waals surface area contributed by atoms with Crippen LogP contribution < -0.4 is 10.9 Å². The average Bonchev–Trinajstić information content (AvgIpc) is 2.64. The van der Waals surface area contributed by atoms with Crippen molar-refractivity contribution in [2.45, 2.75) is 13.5 Å². The molecule has 3 rings (SSSR count). The summed E-state index contributed by atoms with van der Waals surface area (Å²) in [5.74, 6) is -1.59. The molecule has 9 heteroatoms. The molecule has 0 unspecified atom stereocenters. The van der Waals surface area contributed by atoms with Crippen LogP contribution in [0.25, 0.3) is 10.9 Å². The molecule has 0 bridgehead atoms. The first-order valence-electron chi connectivity index (χ1n) is 8.24. The van der Waals surface area contributed by atoms with E-state index in [1.807, 2.05) is 0 Å². The molecule has 0 aliphatic heterocycles. The quantitative estimate of drug-likeness (QED) is 0.465. The van der Waals surface area contributed by atoms with Crippen LogP contribution in [0.2, 0.25) is 0 Å². The zero-order valence-corrected chi connectivity index (χ0v) is 15.2. The number of hydrogen-bond donors (Lipinski definition) is 3. The van der Waals surface area contributed by atoms with Crippen LogP contribution >= 0.6 is 0 Å². The van der Waals surface area contributed by atoms with Gasteiger partial charge in [-0.3, -0.25) is 9.59 Å². The molecule has 0 saturated carbocycles. The van der Waals surface area contributed by atoms with Gasteiger partial charge in [-0.15, -0.1) is 0 Å². The van der Waals surface area contributed by atoms with Crippen LogP contribution in [0.3, 0.4) is 0 Å². The molecule has 4 N–H and O–H groups in total. The van der Waals surface area contributed by atoms with E-state index in [1.165, 1.54) is 29.8 Å². The van der Waals surface area contributed by atoms with Gasteiger partial charge in [0.2, 0.25) is 0 Å². The number of aryl methyl sites for hydroxylation is 1. The molecule has 0 saturated heterocycles. The van der Waals surface area contributed by atoms with E-state index in [0.29, 0.717) is 22.2 Å². The number of amides is 1. The zero-order chi connectivity index (χ0) is 19.7. The van der Waals surface area contributed by atoms with E-state index < -0.39 is 22.8 Å². The normalized spacial score (nSPS) is 10.4. The molecule has 0 aliphatic rings. The number of para-hydroxylation sites is 1. The van der Waals surface area contributed by atoms with Crippen molar-refractivity contribution in [2.24, 2.45) is 0 Å². The number of nitroso groups, excluding NO2 is 1. The van der Waals surface area contributed by atoms with Gasteiger partial charge in [-0.2, -0.15) is 0 Å². The number of phenolic OH excluding ortho intramolecular Hbond substituents is 1. The van der Waals surface area contributed by atoms with Crippen LogP contribution in [0.4, 0.5) is 11.4 Å². The van der Waals surface area contributed by atoms with Crippen molar-refractivity contribution < 1.29 is 25.2 Å². The third-order valence-electron chi connectivity index (χ3n) is 4.28. The Balaban J connectivity index is 0.00000280. The summed E-state index contributed by atoms with van der Waals surface area (Å²) < 4.78 is 1.94. The second kappa shape index (κ2) is 7.89. The lowest BCUT2D eigenvalue weighted by Gasteiger charge is -2.14. The molecule has 0 aliphatic carbocycles. The number of rotatable bonds is 4. The van der Waals surface area contributed by atoms with Gasteiger partial charge in [-0.05, 0) is 25.1 Å². The average molecular weight is 385 g/mol. The molecule has 1 amide bonds. The molecule has 1 aromatic heterocycles. The summed E-state index contributed by atoms with van der Waals surface area (Å²) in [5.41, 5.74) is -0.414. The smallest absolute Gasteiger partial charge is 0.267 e. The molecular weight excluding hydrogens is 366 g/mol. The Morgan fingerprint density at radius 1 is 1.18 bits per heavy atom. The number of hydrogen-bond acceptors (Lipinski definition) is 6. The largest absolute Gasteiger partial charge is 0.870 e. The van der Waals surface area contributed by atoms with Crippen LogP contribution in [0.5, 0.6) is 11.5 Å². The van der Waals surface area contributed by atoms with Crippen molar-refractivity contribution in [1.29, 1.82) is 0 Å². The summed E-state index contributed by atoms with van der Waals surface area (Å²) in [6.45, 7) is 2.06. The maximum Gasteiger partial charge on any atom is 0.267 e. The van der Waals surface area contributed by atoms with Crippen molar-refractivity contribution in [2.75, 3.05) is 12.4 Å². The van der Waals surface area contributed by atoms with Crippen molar-refractivity contribution in [3.05, 3.63) is 63.3 Å². The van der Waals surface area contributed by atoms with Crippen LogP contribution in [-0.2, 0) is 6.54 Å². The van der Waals surface area contributed by atoms with Gasteiger partial charge in [0.05, 0.1) is 11.2 Å². The second-order valence-electron chi connectivity index (χ2n) is 5.94. The Hall–Kier alpha value is -3.72. The monoisotopic (exact) mass is 385 g/mol. The fourth-order valence-electron chi connectivity index (χ4n) is 2.91. The van der Waals surface area contributed by atoms with Gasteiger partial charge in [0.25, 0.3) is 17.2 Å². The number of carbonyl (C=O) groups is 1. The molecule has 0 radical (unpaired) electrons. The predicted octanol–water partition coefficient (Wildman–Crippen LogP) is 2.55. The number of pyridine rings is 1. The van der Waals surface area contributed by atoms with Crippen LogP contribution in [0.15, 0.2) is 47.3 Å². The van der Waals surface area contributed by atoms with E-state index in [4.69, 9.17) is 0 Å². The van der Waals surface area contributed by atoms with E-state index in [-0.39, 0.29) is 22.6 Å². The number of benzene rings is 2. The zero-order valence-electron chi connectivity index (χ0n) is 15.2. The van der Waals surface area contributed by atoms with Gasteiger partial charge in [0.15, 0.2) is 7.05 Å². The molecule has 146 valence electrons. The van der Waals surface area contributed by atoms with Gasteiger partial charge in [0.1, 0.15) is 17.1 Å². The van der Waals surface area contributed by atoms with Gasteiger partial charge in [-0.25, -0.2) is 0 Å².